The maximum Gasteiger partial charge on any atom is 0.573 e. The van der Waals surface area contributed by atoms with Gasteiger partial charge in [-0.15, -0.1) is 13.2 Å². The van der Waals surface area contributed by atoms with Crippen LogP contribution in [0.2, 0.25) is 18.1 Å². The monoisotopic (exact) mass is 380 g/mol. The molecule has 4 nitrogen and oxygen atoms in total. The van der Waals surface area contributed by atoms with E-state index in [4.69, 9.17) is 9.16 Å². The molecule has 0 radical (unpaired) electrons. The Morgan fingerprint density at radius 2 is 1.64 bits per heavy atom. The van der Waals surface area contributed by atoms with Crippen LogP contribution in [-0.4, -0.2) is 32.5 Å². The summed E-state index contributed by atoms with van der Waals surface area (Å²) < 4.78 is 52.8. The Hall–Kier alpha value is -1.25. The van der Waals surface area contributed by atoms with E-state index in [1.807, 2.05) is 0 Å². The van der Waals surface area contributed by atoms with Gasteiger partial charge in [-0.1, -0.05) is 20.8 Å². The highest BCUT2D eigenvalue weighted by molar-refractivity contribution is 6.74. The molecule has 0 amide bonds. The SMILES string of the molecule is C[C@H](CO[Si](C)(C)C(C)(C)C)Oc1cc(CO)cc(OC(F)(F)F)c1. The molecule has 0 fully saturated rings. The van der Waals surface area contributed by atoms with Crippen molar-refractivity contribution in [2.24, 2.45) is 0 Å². The topological polar surface area (TPSA) is 47.9 Å². The highest BCUT2D eigenvalue weighted by atomic mass is 28.4. The summed E-state index contributed by atoms with van der Waals surface area (Å²) >= 11 is 0. The number of ether oxygens (including phenoxy) is 2. The summed E-state index contributed by atoms with van der Waals surface area (Å²) in [4.78, 5) is 0. The molecule has 8 heteroatoms. The number of alkyl halides is 3. The Morgan fingerprint density at radius 1 is 1.08 bits per heavy atom. The third-order valence-electron chi connectivity index (χ3n) is 4.18. The van der Waals surface area contributed by atoms with Gasteiger partial charge in [0.05, 0.1) is 13.2 Å². The van der Waals surface area contributed by atoms with Crippen LogP contribution < -0.4 is 9.47 Å². The van der Waals surface area contributed by atoms with E-state index in [9.17, 15) is 18.3 Å². The zero-order valence-electron chi connectivity index (χ0n) is 15.5. The number of aliphatic hydroxyl groups is 1. The van der Waals surface area contributed by atoms with Crippen molar-refractivity contribution in [2.45, 2.75) is 64.9 Å². The quantitative estimate of drug-likeness (QED) is 0.686. The summed E-state index contributed by atoms with van der Waals surface area (Å²) in [5, 5.41) is 9.26. The average Bonchev–Trinajstić information content (AvgIpc) is 2.41. The normalized spacial score (nSPS) is 14.3. The zero-order valence-corrected chi connectivity index (χ0v) is 16.5. The van der Waals surface area contributed by atoms with Crippen molar-refractivity contribution in [2.75, 3.05) is 6.61 Å². The second-order valence-electron chi connectivity index (χ2n) is 7.52. The van der Waals surface area contributed by atoms with Crippen molar-refractivity contribution in [3.05, 3.63) is 23.8 Å². The summed E-state index contributed by atoms with van der Waals surface area (Å²) in [6.45, 7) is 12.3. The van der Waals surface area contributed by atoms with E-state index in [-0.39, 0.29) is 22.5 Å². The minimum Gasteiger partial charge on any atom is -0.488 e. The maximum absolute atomic E-state index is 12.4. The van der Waals surface area contributed by atoms with Gasteiger partial charge in [-0.05, 0) is 42.8 Å². The van der Waals surface area contributed by atoms with E-state index < -0.39 is 27.0 Å². The van der Waals surface area contributed by atoms with Crippen LogP contribution in [0.1, 0.15) is 33.3 Å². The molecule has 1 aromatic rings. The summed E-state index contributed by atoms with van der Waals surface area (Å²) in [5.41, 5.74) is 0.272. The molecule has 0 heterocycles. The zero-order chi connectivity index (χ0) is 19.5. The van der Waals surface area contributed by atoms with Gasteiger partial charge in [-0.2, -0.15) is 0 Å². The third-order valence-corrected chi connectivity index (χ3v) is 8.68. The van der Waals surface area contributed by atoms with Gasteiger partial charge in [-0.25, -0.2) is 0 Å². The number of rotatable bonds is 7. The standard InChI is InChI=1S/C17H27F3O4Si/c1-12(11-22-25(5,6)16(2,3)4)23-14-7-13(10-21)8-15(9-14)24-17(18,19)20/h7-9,12,21H,10-11H2,1-6H3/t12-/m1/s1. The van der Waals surface area contributed by atoms with Gasteiger partial charge in [0.15, 0.2) is 8.32 Å². The third kappa shape index (κ3) is 7.25. The van der Waals surface area contributed by atoms with E-state index in [0.29, 0.717) is 6.61 Å². The molecule has 1 atom stereocenters. The molecule has 0 unspecified atom stereocenters. The highest BCUT2D eigenvalue weighted by Crippen LogP contribution is 2.36. The van der Waals surface area contributed by atoms with Gasteiger partial charge in [0, 0.05) is 6.07 Å². The van der Waals surface area contributed by atoms with Gasteiger partial charge < -0.3 is 19.0 Å². The maximum atomic E-state index is 12.4. The number of hydrogen-bond donors (Lipinski definition) is 1. The first kappa shape index (κ1) is 21.8. The lowest BCUT2D eigenvalue weighted by Gasteiger charge is -2.36. The molecule has 25 heavy (non-hydrogen) atoms. The van der Waals surface area contributed by atoms with Crippen molar-refractivity contribution < 1.29 is 32.2 Å². The van der Waals surface area contributed by atoms with Crippen molar-refractivity contribution in [3.63, 3.8) is 0 Å². The Kier molecular flexibility index (Phi) is 6.94. The van der Waals surface area contributed by atoms with E-state index in [1.54, 1.807) is 6.92 Å². The van der Waals surface area contributed by atoms with Crippen LogP contribution in [0.4, 0.5) is 13.2 Å². The minimum atomic E-state index is -4.80. The molecular weight excluding hydrogens is 353 g/mol. The first-order chi connectivity index (χ1) is 11.2. The largest absolute Gasteiger partial charge is 0.573 e. The molecule has 0 saturated carbocycles. The van der Waals surface area contributed by atoms with Crippen LogP contribution >= 0.6 is 0 Å². The number of hydrogen-bond acceptors (Lipinski definition) is 4. The lowest BCUT2D eigenvalue weighted by molar-refractivity contribution is -0.274. The fraction of sp³-hybridized carbons (Fsp3) is 0.647. The second kappa shape index (κ2) is 7.97. The lowest BCUT2D eigenvalue weighted by Crippen LogP contribution is -2.43. The van der Waals surface area contributed by atoms with E-state index in [1.165, 1.54) is 6.07 Å². The van der Waals surface area contributed by atoms with Crippen molar-refractivity contribution in [3.8, 4) is 11.5 Å². The summed E-state index contributed by atoms with van der Waals surface area (Å²) in [6, 6.07) is 3.75. The van der Waals surface area contributed by atoms with Crippen LogP contribution in [0.15, 0.2) is 18.2 Å². The first-order valence-corrected chi connectivity index (χ1v) is 11.0. The lowest BCUT2D eigenvalue weighted by atomic mass is 10.2. The van der Waals surface area contributed by atoms with E-state index in [0.717, 1.165) is 12.1 Å². The van der Waals surface area contributed by atoms with Crippen molar-refractivity contribution in [1.29, 1.82) is 0 Å². The predicted octanol–water partition coefficient (Wildman–Crippen LogP) is 4.87. The molecule has 0 aliphatic heterocycles. The van der Waals surface area contributed by atoms with Gasteiger partial charge in [0.2, 0.25) is 0 Å². The molecule has 1 aromatic carbocycles. The minimum absolute atomic E-state index is 0.0528. The van der Waals surface area contributed by atoms with Crippen LogP contribution in [0.5, 0.6) is 11.5 Å². The van der Waals surface area contributed by atoms with Crippen LogP contribution in [0, 0.1) is 0 Å². The molecule has 1 N–H and O–H groups in total. The summed E-state index contributed by atoms with van der Waals surface area (Å²) in [6.07, 6.45) is -5.16. The molecule has 0 bridgehead atoms. The van der Waals surface area contributed by atoms with Crippen molar-refractivity contribution >= 4 is 8.32 Å². The van der Waals surface area contributed by atoms with Crippen molar-refractivity contribution in [1.82, 2.24) is 0 Å². The highest BCUT2D eigenvalue weighted by Gasteiger charge is 2.37. The molecule has 144 valence electrons. The van der Waals surface area contributed by atoms with Crippen LogP contribution in [0.25, 0.3) is 0 Å². The second-order valence-corrected chi connectivity index (χ2v) is 12.3. The Bertz CT molecular complexity index is 568. The van der Waals surface area contributed by atoms with Gasteiger partial charge in [0.1, 0.15) is 17.6 Å². The summed E-state index contributed by atoms with van der Waals surface area (Å²) in [7, 11) is -1.94. The van der Waals surface area contributed by atoms with Crippen LogP contribution in [0.3, 0.4) is 0 Å². The van der Waals surface area contributed by atoms with E-state index >= 15 is 0 Å². The number of benzene rings is 1. The molecule has 0 aliphatic rings. The molecule has 0 aliphatic carbocycles. The molecular formula is C17H27F3O4Si. The number of halogens is 3. The fourth-order valence-electron chi connectivity index (χ4n) is 1.79. The fourth-order valence-corrected chi connectivity index (χ4v) is 2.88. The smallest absolute Gasteiger partial charge is 0.488 e. The van der Waals surface area contributed by atoms with Gasteiger partial charge in [0.25, 0.3) is 0 Å². The Balaban J connectivity index is 2.79. The molecule has 0 saturated heterocycles. The average molecular weight is 380 g/mol. The van der Waals surface area contributed by atoms with Crippen LogP contribution in [-0.2, 0) is 11.0 Å². The first-order valence-electron chi connectivity index (χ1n) is 8.05. The molecule has 1 rings (SSSR count). The summed E-state index contributed by atoms with van der Waals surface area (Å²) in [5.74, 6) is -0.233. The van der Waals surface area contributed by atoms with Gasteiger partial charge >= 0.3 is 6.36 Å². The van der Waals surface area contributed by atoms with Gasteiger partial charge in [-0.3, -0.25) is 0 Å². The molecule has 0 aromatic heterocycles. The number of aliphatic hydroxyl groups excluding tert-OH is 1. The Morgan fingerprint density at radius 3 is 2.12 bits per heavy atom. The Labute approximate surface area is 148 Å². The van der Waals surface area contributed by atoms with E-state index in [2.05, 4.69) is 38.6 Å². The predicted molar refractivity (Wildman–Crippen MR) is 92.3 cm³/mol. The molecule has 0 spiro atoms.